The highest BCUT2D eigenvalue weighted by atomic mass is 16.3. The number of likely N-dealkylation sites (N-methyl/N-ethyl adjacent to an activating group) is 3. The first-order valence-electron chi connectivity index (χ1n) is 10.4. The van der Waals surface area contributed by atoms with E-state index < -0.39 is 0 Å². The third-order valence-corrected chi connectivity index (χ3v) is 4.53. The molecule has 2 amide bonds. The van der Waals surface area contributed by atoms with Crippen LogP contribution in [-0.4, -0.2) is 125 Å². The van der Waals surface area contributed by atoms with E-state index in [1.54, 1.807) is 6.92 Å². The van der Waals surface area contributed by atoms with E-state index in [9.17, 15) is 14.7 Å². The molecule has 0 radical (unpaired) electrons. The van der Waals surface area contributed by atoms with E-state index in [-0.39, 0.29) is 17.9 Å². The minimum absolute atomic E-state index is 0.00819. The summed E-state index contributed by atoms with van der Waals surface area (Å²) in [6.45, 7) is 9.88. The first kappa shape index (κ1) is 27.5. The summed E-state index contributed by atoms with van der Waals surface area (Å²) in [5.74, 6) is -0.120. The number of nitrogens with zero attached hydrogens (tertiary/aromatic N) is 3. The molecule has 3 N–H and O–H groups in total. The van der Waals surface area contributed by atoms with Crippen LogP contribution in [0.5, 0.6) is 0 Å². The van der Waals surface area contributed by atoms with E-state index >= 15 is 0 Å². The second-order valence-electron chi connectivity index (χ2n) is 9.80. The zero-order chi connectivity index (χ0) is 22.7. The molecule has 8 heteroatoms. The fourth-order valence-corrected chi connectivity index (χ4v) is 3.17. The average Bonchev–Trinajstić information content (AvgIpc) is 2.52. The molecule has 0 rings (SSSR count). The maximum Gasteiger partial charge on any atom is 0.246 e. The summed E-state index contributed by atoms with van der Waals surface area (Å²) in [6.07, 6.45) is 1.31. The van der Waals surface area contributed by atoms with Crippen LogP contribution in [0.15, 0.2) is 12.2 Å². The number of hydrogen-bond acceptors (Lipinski definition) is 4. The topological polar surface area (TPSA) is 81.7 Å². The highest BCUT2D eigenvalue weighted by Gasteiger charge is 2.24. The predicted molar refractivity (Wildman–Crippen MR) is 118 cm³/mol. The van der Waals surface area contributed by atoms with E-state index in [1.165, 1.54) is 0 Å². The molecule has 0 aliphatic rings. The average molecular weight is 416 g/mol. The summed E-state index contributed by atoms with van der Waals surface area (Å²) < 4.78 is 1.47. The standard InChI is InChI=1S/C21H43N5O3/c1-18(2)21(29)23-11-9-13-24(3)15-20(28)22-12-10-14-26(7,8)17-19(27)16-25(4,5)6/h19,27H,1,9-17H2,2-8H3/p+2. The summed E-state index contributed by atoms with van der Waals surface area (Å²) in [6, 6.07) is 0. The molecule has 0 heterocycles. The van der Waals surface area contributed by atoms with Crippen molar-refractivity contribution in [2.24, 2.45) is 0 Å². The number of rotatable bonds is 15. The number of aliphatic hydroxyl groups is 1. The molecule has 0 aromatic carbocycles. The SMILES string of the molecule is C=C(C)C(=O)NCCCN(C)CC(=O)NCCC[N+](C)(C)CC(O)C[N+](C)(C)C. The van der Waals surface area contributed by atoms with Crippen LogP contribution in [0, 0.1) is 0 Å². The smallest absolute Gasteiger partial charge is 0.246 e. The van der Waals surface area contributed by atoms with Crippen LogP contribution in [0.25, 0.3) is 0 Å². The van der Waals surface area contributed by atoms with Crippen molar-refractivity contribution in [3.8, 4) is 0 Å². The van der Waals surface area contributed by atoms with Crippen molar-refractivity contribution in [1.29, 1.82) is 0 Å². The van der Waals surface area contributed by atoms with Crippen LogP contribution in [0.3, 0.4) is 0 Å². The molecule has 0 aromatic heterocycles. The first-order chi connectivity index (χ1) is 13.2. The number of nitrogens with one attached hydrogen (secondary N) is 2. The molecule has 1 atom stereocenters. The van der Waals surface area contributed by atoms with Gasteiger partial charge in [-0.15, -0.1) is 0 Å². The molecule has 0 bridgehead atoms. The first-order valence-corrected chi connectivity index (χ1v) is 10.4. The third kappa shape index (κ3) is 16.0. The summed E-state index contributed by atoms with van der Waals surface area (Å²) in [5, 5.41) is 16.0. The minimum Gasteiger partial charge on any atom is -0.382 e. The number of aliphatic hydroxyl groups excluding tert-OH is 1. The summed E-state index contributed by atoms with van der Waals surface area (Å²) in [5.41, 5.74) is 0.502. The Kier molecular flexibility index (Phi) is 12.3. The van der Waals surface area contributed by atoms with Crippen molar-refractivity contribution in [2.45, 2.75) is 25.9 Å². The second-order valence-corrected chi connectivity index (χ2v) is 9.80. The van der Waals surface area contributed by atoms with Gasteiger partial charge in [0.05, 0.1) is 48.3 Å². The lowest BCUT2D eigenvalue weighted by atomic mass is 10.2. The maximum absolute atomic E-state index is 12.1. The van der Waals surface area contributed by atoms with Gasteiger partial charge < -0.3 is 24.7 Å². The van der Waals surface area contributed by atoms with Gasteiger partial charge >= 0.3 is 0 Å². The molecule has 0 spiro atoms. The van der Waals surface area contributed by atoms with Crippen molar-refractivity contribution in [2.75, 3.05) is 88.1 Å². The van der Waals surface area contributed by atoms with Crippen LogP contribution < -0.4 is 10.6 Å². The molecule has 0 saturated carbocycles. The summed E-state index contributed by atoms with van der Waals surface area (Å²) in [4.78, 5) is 25.4. The molecule has 1 unspecified atom stereocenters. The van der Waals surface area contributed by atoms with E-state index in [2.05, 4.69) is 52.5 Å². The van der Waals surface area contributed by atoms with E-state index in [4.69, 9.17) is 0 Å². The van der Waals surface area contributed by atoms with Gasteiger partial charge in [-0.2, -0.15) is 0 Å². The van der Waals surface area contributed by atoms with Gasteiger partial charge in [-0.1, -0.05) is 6.58 Å². The molecule has 0 aliphatic carbocycles. The van der Waals surface area contributed by atoms with Crippen LogP contribution in [0.1, 0.15) is 19.8 Å². The Morgan fingerprint density at radius 3 is 2.17 bits per heavy atom. The van der Waals surface area contributed by atoms with Gasteiger partial charge in [0.2, 0.25) is 11.8 Å². The normalized spacial score (nSPS) is 13.3. The van der Waals surface area contributed by atoms with Crippen molar-refractivity contribution in [3.05, 3.63) is 12.2 Å². The lowest BCUT2D eigenvalue weighted by Gasteiger charge is -2.34. The Balaban J connectivity index is 3.94. The molecule has 0 aromatic rings. The minimum atomic E-state index is -0.339. The Bertz CT molecular complexity index is 529. The summed E-state index contributed by atoms with van der Waals surface area (Å²) >= 11 is 0. The highest BCUT2D eigenvalue weighted by molar-refractivity contribution is 5.92. The fraction of sp³-hybridized carbons (Fsp3) is 0.810. The maximum atomic E-state index is 12.1. The van der Waals surface area contributed by atoms with Crippen LogP contribution >= 0.6 is 0 Å². The van der Waals surface area contributed by atoms with Crippen LogP contribution in [0.2, 0.25) is 0 Å². The van der Waals surface area contributed by atoms with E-state index in [0.29, 0.717) is 31.8 Å². The zero-order valence-electron chi connectivity index (χ0n) is 19.8. The Morgan fingerprint density at radius 1 is 1.03 bits per heavy atom. The molecular formula is C21H45N5O3+2. The van der Waals surface area contributed by atoms with Crippen molar-refractivity contribution in [1.82, 2.24) is 15.5 Å². The number of carbonyl (C=O) groups excluding carboxylic acids is 2. The number of amides is 2. The Morgan fingerprint density at radius 2 is 1.62 bits per heavy atom. The molecule has 0 saturated heterocycles. The second kappa shape index (κ2) is 13.0. The van der Waals surface area contributed by atoms with Gasteiger partial charge in [0.1, 0.15) is 13.1 Å². The number of quaternary nitrogens is 2. The van der Waals surface area contributed by atoms with E-state index in [1.807, 2.05) is 11.9 Å². The molecule has 29 heavy (non-hydrogen) atoms. The van der Waals surface area contributed by atoms with Gasteiger partial charge in [0.15, 0.2) is 6.10 Å². The Hall–Kier alpha value is -1.48. The van der Waals surface area contributed by atoms with Gasteiger partial charge in [0.25, 0.3) is 0 Å². The zero-order valence-corrected chi connectivity index (χ0v) is 19.8. The van der Waals surface area contributed by atoms with Gasteiger partial charge in [-0.3, -0.25) is 14.5 Å². The summed E-state index contributed by atoms with van der Waals surface area (Å²) in [7, 11) is 12.4. The molecular weight excluding hydrogens is 370 g/mol. The third-order valence-electron chi connectivity index (χ3n) is 4.53. The predicted octanol–water partition coefficient (Wildman–Crippen LogP) is -0.350. The lowest BCUT2D eigenvalue weighted by molar-refractivity contribution is -0.907. The number of carbonyl (C=O) groups is 2. The molecule has 0 aliphatic heterocycles. The van der Waals surface area contributed by atoms with Crippen LogP contribution in [-0.2, 0) is 9.59 Å². The van der Waals surface area contributed by atoms with Gasteiger partial charge in [0, 0.05) is 31.6 Å². The number of hydrogen-bond donors (Lipinski definition) is 3. The molecule has 170 valence electrons. The monoisotopic (exact) mass is 415 g/mol. The van der Waals surface area contributed by atoms with Gasteiger partial charge in [-0.05, 0) is 20.4 Å². The quantitative estimate of drug-likeness (QED) is 0.194. The van der Waals surface area contributed by atoms with Crippen LogP contribution in [0.4, 0.5) is 0 Å². The highest BCUT2D eigenvalue weighted by Crippen LogP contribution is 2.04. The molecule has 0 fully saturated rings. The fourth-order valence-electron chi connectivity index (χ4n) is 3.17. The molecule has 8 nitrogen and oxygen atoms in total. The largest absolute Gasteiger partial charge is 0.382 e. The van der Waals surface area contributed by atoms with Crippen molar-refractivity contribution >= 4 is 11.8 Å². The van der Waals surface area contributed by atoms with E-state index in [0.717, 1.165) is 41.4 Å². The van der Waals surface area contributed by atoms with Gasteiger partial charge in [-0.25, -0.2) is 0 Å². The van der Waals surface area contributed by atoms with Crippen molar-refractivity contribution < 1.29 is 23.7 Å². The lowest BCUT2D eigenvalue weighted by Crippen LogP contribution is -2.51. The Labute approximate surface area is 177 Å². The van der Waals surface area contributed by atoms with Crippen molar-refractivity contribution in [3.63, 3.8) is 0 Å².